The highest BCUT2D eigenvalue weighted by Crippen LogP contribution is 1.90. The number of carbonyl (C=O) groups is 2. The summed E-state index contributed by atoms with van der Waals surface area (Å²) < 4.78 is 10.4. The summed E-state index contributed by atoms with van der Waals surface area (Å²) in [5.74, 6) is -0.203. The third-order valence-corrected chi connectivity index (χ3v) is 1.70. The van der Waals surface area contributed by atoms with Gasteiger partial charge in [0.25, 0.3) is 0 Å². The summed E-state index contributed by atoms with van der Waals surface area (Å²) in [6.45, 7) is 6.79. The Hall–Kier alpha value is -2.97. The number of aliphatic imine (C=N–C) groups is 1. The SMILES string of the molecule is C=CCOC(=O)N=C(NC(=O)OCC=C)n1cncn1. The van der Waals surface area contributed by atoms with Crippen LogP contribution in [0.4, 0.5) is 9.59 Å². The Morgan fingerprint density at radius 1 is 1.30 bits per heavy atom. The Morgan fingerprint density at radius 3 is 2.60 bits per heavy atom. The van der Waals surface area contributed by atoms with E-state index in [1.807, 2.05) is 0 Å². The molecule has 106 valence electrons. The van der Waals surface area contributed by atoms with Gasteiger partial charge in [-0.3, -0.25) is 5.32 Å². The molecule has 1 N–H and O–H groups in total. The largest absolute Gasteiger partial charge is 0.445 e. The van der Waals surface area contributed by atoms with Crippen molar-refractivity contribution in [2.24, 2.45) is 4.99 Å². The van der Waals surface area contributed by atoms with Crippen LogP contribution in [-0.4, -0.2) is 46.1 Å². The van der Waals surface area contributed by atoms with Gasteiger partial charge in [0.05, 0.1) is 0 Å². The molecule has 20 heavy (non-hydrogen) atoms. The Balaban J connectivity index is 2.78. The van der Waals surface area contributed by atoms with Gasteiger partial charge in [-0.25, -0.2) is 14.6 Å². The van der Waals surface area contributed by atoms with Crippen LogP contribution in [0.3, 0.4) is 0 Å². The molecule has 1 aromatic heterocycles. The quantitative estimate of drug-likeness (QED) is 0.494. The number of rotatable bonds is 4. The summed E-state index contributed by atoms with van der Waals surface area (Å²) in [6, 6.07) is 0. The van der Waals surface area contributed by atoms with Gasteiger partial charge in [0, 0.05) is 0 Å². The first-order valence-electron chi connectivity index (χ1n) is 5.43. The van der Waals surface area contributed by atoms with E-state index >= 15 is 0 Å². The summed E-state index contributed by atoms with van der Waals surface area (Å²) in [4.78, 5) is 30.0. The molecule has 1 rings (SSSR count). The van der Waals surface area contributed by atoms with Crippen molar-refractivity contribution in [3.63, 3.8) is 0 Å². The summed E-state index contributed by atoms with van der Waals surface area (Å²) in [6.07, 6.45) is 3.49. The van der Waals surface area contributed by atoms with E-state index in [0.717, 1.165) is 4.68 Å². The molecule has 0 aliphatic heterocycles. The molecule has 0 bridgehead atoms. The summed E-state index contributed by atoms with van der Waals surface area (Å²) >= 11 is 0. The van der Waals surface area contributed by atoms with E-state index in [2.05, 4.69) is 38.3 Å². The van der Waals surface area contributed by atoms with Crippen LogP contribution in [0.5, 0.6) is 0 Å². The smallest absolute Gasteiger partial charge is 0.437 e. The Kier molecular flexibility index (Phi) is 6.18. The standard InChI is InChI=1S/C11H13N5O4/c1-3-5-19-10(17)14-9(16-8-12-7-13-16)15-11(18)20-6-4-2/h3-4,7-8H,1-2,5-6H2,(H,14,15,17,18). The van der Waals surface area contributed by atoms with Crippen LogP contribution < -0.4 is 5.32 Å². The van der Waals surface area contributed by atoms with Crippen molar-refractivity contribution in [2.45, 2.75) is 0 Å². The minimum absolute atomic E-state index is 0.00607. The molecule has 0 aliphatic rings. The van der Waals surface area contributed by atoms with Crippen molar-refractivity contribution >= 4 is 18.1 Å². The number of hydrogen-bond acceptors (Lipinski definition) is 6. The van der Waals surface area contributed by atoms with E-state index in [0.29, 0.717) is 0 Å². The third kappa shape index (κ3) is 5.12. The van der Waals surface area contributed by atoms with Gasteiger partial charge < -0.3 is 9.47 Å². The van der Waals surface area contributed by atoms with Crippen LogP contribution in [0.25, 0.3) is 0 Å². The monoisotopic (exact) mass is 279 g/mol. The molecule has 1 heterocycles. The van der Waals surface area contributed by atoms with Crippen molar-refractivity contribution in [1.29, 1.82) is 0 Å². The highest BCUT2D eigenvalue weighted by atomic mass is 16.6. The second-order valence-corrected chi connectivity index (χ2v) is 3.15. The van der Waals surface area contributed by atoms with Gasteiger partial charge in [0.1, 0.15) is 25.9 Å². The maximum Gasteiger partial charge on any atom is 0.437 e. The minimum Gasteiger partial charge on any atom is -0.445 e. The third-order valence-electron chi connectivity index (χ3n) is 1.70. The molecule has 0 aliphatic carbocycles. The lowest BCUT2D eigenvalue weighted by molar-refractivity contribution is 0.163. The van der Waals surface area contributed by atoms with Gasteiger partial charge in [-0.05, 0) is 0 Å². The molecular formula is C11H13N5O4. The predicted octanol–water partition coefficient (Wildman–Crippen LogP) is 0.717. The molecule has 0 spiro atoms. The van der Waals surface area contributed by atoms with E-state index in [1.54, 1.807) is 0 Å². The Labute approximate surface area is 114 Å². The molecule has 0 radical (unpaired) electrons. The topological polar surface area (TPSA) is 108 Å². The molecule has 0 atom stereocenters. The molecule has 9 heteroatoms. The van der Waals surface area contributed by atoms with Crippen LogP contribution in [-0.2, 0) is 9.47 Å². The zero-order valence-electron chi connectivity index (χ0n) is 10.6. The van der Waals surface area contributed by atoms with Crippen molar-refractivity contribution in [3.8, 4) is 0 Å². The van der Waals surface area contributed by atoms with Crippen molar-refractivity contribution in [1.82, 2.24) is 20.1 Å². The average molecular weight is 279 g/mol. The van der Waals surface area contributed by atoms with Crippen LogP contribution in [0, 0.1) is 0 Å². The molecule has 0 saturated heterocycles. The molecule has 0 fully saturated rings. The van der Waals surface area contributed by atoms with Crippen molar-refractivity contribution in [2.75, 3.05) is 13.2 Å². The second-order valence-electron chi connectivity index (χ2n) is 3.15. The molecule has 0 aromatic carbocycles. The zero-order chi connectivity index (χ0) is 14.8. The zero-order valence-corrected chi connectivity index (χ0v) is 10.6. The Bertz CT molecular complexity index is 509. The van der Waals surface area contributed by atoms with E-state index in [1.165, 1.54) is 24.8 Å². The summed E-state index contributed by atoms with van der Waals surface area (Å²) in [5.41, 5.74) is 0. The van der Waals surface area contributed by atoms with Gasteiger partial charge in [-0.2, -0.15) is 9.78 Å². The fraction of sp³-hybridized carbons (Fsp3) is 0.182. The van der Waals surface area contributed by atoms with Crippen molar-refractivity contribution < 1.29 is 19.1 Å². The lowest BCUT2D eigenvalue weighted by Crippen LogP contribution is -2.37. The number of aromatic nitrogens is 3. The molecule has 1 aromatic rings. The normalized spacial score (nSPS) is 10.5. The van der Waals surface area contributed by atoms with E-state index in [9.17, 15) is 9.59 Å². The molecule has 0 saturated carbocycles. The highest BCUT2D eigenvalue weighted by Gasteiger charge is 2.12. The second kappa shape index (κ2) is 8.19. The van der Waals surface area contributed by atoms with Gasteiger partial charge in [-0.1, -0.05) is 25.3 Å². The highest BCUT2D eigenvalue weighted by molar-refractivity contribution is 5.99. The number of amides is 2. The van der Waals surface area contributed by atoms with Crippen LogP contribution >= 0.6 is 0 Å². The van der Waals surface area contributed by atoms with E-state index < -0.39 is 12.2 Å². The Morgan fingerprint density at radius 2 is 2.00 bits per heavy atom. The number of ether oxygens (including phenoxy) is 2. The fourth-order valence-electron chi connectivity index (χ4n) is 0.965. The minimum atomic E-state index is -0.917. The molecular weight excluding hydrogens is 266 g/mol. The first-order chi connectivity index (χ1) is 9.67. The van der Waals surface area contributed by atoms with Crippen LogP contribution in [0.2, 0.25) is 0 Å². The number of nitrogens with zero attached hydrogens (tertiary/aromatic N) is 4. The fourth-order valence-corrected chi connectivity index (χ4v) is 0.965. The number of hydrogen-bond donors (Lipinski definition) is 1. The lowest BCUT2D eigenvalue weighted by atomic mass is 10.7. The first-order valence-corrected chi connectivity index (χ1v) is 5.43. The molecule has 9 nitrogen and oxygen atoms in total. The maximum atomic E-state index is 11.4. The van der Waals surface area contributed by atoms with Crippen LogP contribution in [0.1, 0.15) is 0 Å². The molecule has 2 amide bonds. The van der Waals surface area contributed by atoms with Crippen LogP contribution in [0.15, 0.2) is 43.0 Å². The number of carbonyl (C=O) groups excluding carboxylic acids is 2. The molecule has 0 unspecified atom stereocenters. The van der Waals surface area contributed by atoms with Gasteiger partial charge in [0.15, 0.2) is 0 Å². The summed E-state index contributed by atoms with van der Waals surface area (Å²) in [7, 11) is 0. The average Bonchev–Trinajstić information content (AvgIpc) is 2.96. The number of alkyl carbamates (subject to hydrolysis) is 1. The first kappa shape index (κ1) is 15.1. The summed E-state index contributed by atoms with van der Waals surface area (Å²) in [5, 5.41) is 5.98. The lowest BCUT2D eigenvalue weighted by Gasteiger charge is -2.07. The van der Waals surface area contributed by atoms with Crippen molar-refractivity contribution in [3.05, 3.63) is 38.0 Å². The van der Waals surface area contributed by atoms with Gasteiger partial charge in [0.2, 0.25) is 5.96 Å². The van der Waals surface area contributed by atoms with E-state index in [4.69, 9.17) is 4.74 Å². The van der Waals surface area contributed by atoms with Gasteiger partial charge in [-0.15, -0.1) is 4.99 Å². The predicted molar refractivity (Wildman–Crippen MR) is 69.1 cm³/mol. The number of nitrogens with one attached hydrogen (secondary N) is 1. The van der Waals surface area contributed by atoms with Gasteiger partial charge >= 0.3 is 12.2 Å². The maximum absolute atomic E-state index is 11.4. The van der Waals surface area contributed by atoms with E-state index in [-0.39, 0.29) is 19.2 Å².